The maximum atomic E-state index is 12.1. The van der Waals surface area contributed by atoms with Crippen molar-refractivity contribution in [3.63, 3.8) is 0 Å². The first-order chi connectivity index (χ1) is 10.0. The fourth-order valence-electron chi connectivity index (χ4n) is 1.90. The van der Waals surface area contributed by atoms with Crippen molar-refractivity contribution in [1.29, 1.82) is 0 Å². The van der Waals surface area contributed by atoms with E-state index in [4.69, 9.17) is 0 Å². The van der Waals surface area contributed by atoms with Gasteiger partial charge in [0.15, 0.2) is 0 Å². The lowest BCUT2D eigenvalue weighted by Crippen LogP contribution is -2.42. The van der Waals surface area contributed by atoms with Gasteiger partial charge in [-0.05, 0) is 26.7 Å². The molecule has 2 heterocycles. The Balaban J connectivity index is 2.18. The van der Waals surface area contributed by atoms with E-state index in [-0.39, 0.29) is 18.0 Å². The molecule has 2 atom stereocenters. The molecule has 7 nitrogen and oxygen atoms in total. The van der Waals surface area contributed by atoms with Crippen LogP contribution in [0.15, 0.2) is 12.4 Å². The third-order valence-electron chi connectivity index (χ3n) is 3.43. The van der Waals surface area contributed by atoms with Crippen LogP contribution in [0.3, 0.4) is 0 Å². The maximum absolute atomic E-state index is 12.1. The summed E-state index contributed by atoms with van der Waals surface area (Å²) in [6.07, 6.45) is 3.16. The molecule has 0 aliphatic heterocycles. The molecule has 0 aliphatic rings. The predicted octanol–water partition coefficient (Wildman–Crippen LogP) is 1.40. The summed E-state index contributed by atoms with van der Waals surface area (Å²) in [5, 5.41) is 10.3. The average Bonchev–Trinajstić information content (AvgIpc) is 2.95. The normalized spacial score (nSPS) is 13.9. The average molecular weight is 290 g/mol. The second-order valence-electron chi connectivity index (χ2n) is 5.14. The molecule has 114 valence electrons. The zero-order chi connectivity index (χ0) is 15.4. The first-order valence-corrected chi connectivity index (χ1v) is 7.31. The molecule has 0 saturated carbocycles. The zero-order valence-electron chi connectivity index (χ0n) is 12.9. The van der Waals surface area contributed by atoms with Crippen LogP contribution < -0.4 is 10.6 Å². The summed E-state index contributed by atoms with van der Waals surface area (Å²) >= 11 is 0. The summed E-state index contributed by atoms with van der Waals surface area (Å²) in [7, 11) is 0. The number of nitrogens with one attached hydrogen (secondary N) is 2. The quantitative estimate of drug-likeness (QED) is 0.840. The molecule has 0 aromatic carbocycles. The molecule has 2 rings (SSSR count). The van der Waals surface area contributed by atoms with E-state index < -0.39 is 0 Å². The molecule has 2 N–H and O–H groups in total. The first kappa shape index (κ1) is 15.2. The minimum absolute atomic E-state index is 0.0347. The Hall–Kier alpha value is -2.18. The van der Waals surface area contributed by atoms with Gasteiger partial charge in [0.1, 0.15) is 18.2 Å². The Bertz CT molecular complexity index is 623. The van der Waals surface area contributed by atoms with Gasteiger partial charge in [0, 0.05) is 17.8 Å². The summed E-state index contributed by atoms with van der Waals surface area (Å²) < 4.78 is 1.60. The highest BCUT2D eigenvalue weighted by Gasteiger charge is 2.16. The van der Waals surface area contributed by atoms with Crippen LogP contribution >= 0.6 is 0 Å². The van der Waals surface area contributed by atoms with Crippen LogP contribution in [0.1, 0.15) is 39.8 Å². The second kappa shape index (κ2) is 6.51. The Morgan fingerprint density at radius 3 is 2.81 bits per heavy atom. The van der Waals surface area contributed by atoms with E-state index in [0.717, 1.165) is 24.4 Å². The number of rotatable bonds is 6. The molecular formula is C14H22N6O. The van der Waals surface area contributed by atoms with E-state index in [1.807, 2.05) is 33.8 Å². The number of carbonyl (C=O) groups excluding carboxylic acids is 1. The van der Waals surface area contributed by atoms with Gasteiger partial charge >= 0.3 is 0 Å². The fourth-order valence-corrected chi connectivity index (χ4v) is 1.90. The molecule has 2 aromatic heterocycles. The van der Waals surface area contributed by atoms with Gasteiger partial charge in [0.25, 0.3) is 5.78 Å². The molecule has 1 amide bonds. The molecule has 0 fully saturated rings. The minimum atomic E-state index is -0.362. The monoisotopic (exact) mass is 290 g/mol. The standard InChI is InChI=1S/C14H22N6O/c1-5-9(3)17-13(21)10(4)18-12-7-11(6-2)19-14-15-8-16-20(12)14/h7-10,18H,5-6H2,1-4H3,(H,17,21). The topological polar surface area (TPSA) is 84.2 Å². The fraction of sp³-hybridized carbons (Fsp3) is 0.571. The minimum Gasteiger partial charge on any atom is -0.358 e. The number of hydrogen-bond acceptors (Lipinski definition) is 5. The van der Waals surface area contributed by atoms with Crippen molar-refractivity contribution in [1.82, 2.24) is 24.9 Å². The molecular weight excluding hydrogens is 268 g/mol. The van der Waals surface area contributed by atoms with Crippen LogP contribution in [0, 0.1) is 0 Å². The van der Waals surface area contributed by atoms with Gasteiger partial charge in [0.2, 0.25) is 5.91 Å². The molecule has 7 heteroatoms. The summed E-state index contributed by atoms with van der Waals surface area (Å²) in [5.74, 6) is 1.22. The van der Waals surface area contributed by atoms with Crippen molar-refractivity contribution in [2.45, 2.75) is 52.6 Å². The van der Waals surface area contributed by atoms with Crippen LogP contribution in [-0.4, -0.2) is 37.6 Å². The Kier molecular flexibility index (Phi) is 4.72. The van der Waals surface area contributed by atoms with Gasteiger partial charge in [-0.25, -0.2) is 4.98 Å². The van der Waals surface area contributed by atoms with Gasteiger partial charge in [-0.3, -0.25) is 4.79 Å². The molecule has 0 spiro atoms. The third kappa shape index (κ3) is 3.48. The van der Waals surface area contributed by atoms with Crippen molar-refractivity contribution in [3.05, 3.63) is 18.1 Å². The van der Waals surface area contributed by atoms with Crippen LogP contribution in [0.25, 0.3) is 5.78 Å². The first-order valence-electron chi connectivity index (χ1n) is 7.31. The van der Waals surface area contributed by atoms with E-state index in [9.17, 15) is 4.79 Å². The third-order valence-corrected chi connectivity index (χ3v) is 3.43. The number of nitrogens with zero attached hydrogens (tertiary/aromatic N) is 4. The molecule has 2 unspecified atom stereocenters. The van der Waals surface area contributed by atoms with Crippen molar-refractivity contribution in [2.75, 3.05) is 5.32 Å². The summed E-state index contributed by atoms with van der Waals surface area (Å²) in [5.41, 5.74) is 0.910. The largest absolute Gasteiger partial charge is 0.358 e. The second-order valence-corrected chi connectivity index (χ2v) is 5.14. The molecule has 0 aliphatic carbocycles. The highest BCUT2D eigenvalue weighted by atomic mass is 16.2. The lowest BCUT2D eigenvalue weighted by Gasteiger charge is -2.18. The van der Waals surface area contributed by atoms with E-state index >= 15 is 0 Å². The number of fused-ring (bicyclic) bond motifs is 1. The van der Waals surface area contributed by atoms with Crippen LogP contribution in [0.2, 0.25) is 0 Å². The highest BCUT2D eigenvalue weighted by molar-refractivity contribution is 5.84. The lowest BCUT2D eigenvalue weighted by atomic mass is 10.2. The number of anilines is 1. The smallest absolute Gasteiger partial charge is 0.254 e. The summed E-state index contributed by atoms with van der Waals surface area (Å²) in [6.45, 7) is 7.88. The van der Waals surface area contributed by atoms with E-state index in [1.165, 1.54) is 6.33 Å². The predicted molar refractivity (Wildman–Crippen MR) is 81.1 cm³/mol. The molecule has 0 saturated heterocycles. The van der Waals surface area contributed by atoms with Crippen LogP contribution in [0.5, 0.6) is 0 Å². The summed E-state index contributed by atoms with van der Waals surface area (Å²) in [4.78, 5) is 20.6. The molecule has 0 bridgehead atoms. The maximum Gasteiger partial charge on any atom is 0.254 e. The van der Waals surface area contributed by atoms with Gasteiger partial charge in [-0.15, -0.1) is 0 Å². The van der Waals surface area contributed by atoms with Gasteiger partial charge in [-0.2, -0.15) is 14.6 Å². The molecule has 21 heavy (non-hydrogen) atoms. The van der Waals surface area contributed by atoms with Gasteiger partial charge in [-0.1, -0.05) is 13.8 Å². The van der Waals surface area contributed by atoms with Crippen molar-refractivity contribution >= 4 is 17.5 Å². The number of aryl methyl sites for hydroxylation is 1. The number of hydrogen-bond donors (Lipinski definition) is 2. The van der Waals surface area contributed by atoms with Gasteiger partial charge in [0.05, 0.1) is 0 Å². The SMILES string of the molecule is CCc1cc(NC(C)C(=O)NC(C)CC)n2ncnc2n1. The Morgan fingerprint density at radius 1 is 1.38 bits per heavy atom. The van der Waals surface area contributed by atoms with E-state index in [1.54, 1.807) is 4.52 Å². The molecule has 0 radical (unpaired) electrons. The van der Waals surface area contributed by atoms with Gasteiger partial charge < -0.3 is 10.6 Å². The Morgan fingerprint density at radius 2 is 2.14 bits per heavy atom. The van der Waals surface area contributed by atoms with Crippen molar-refractivity contribution in [3.8, 4) is 0 Å². The van der Waals surface area contributed by atoms with E-state index in [2.05, 4.69) is 25.7 Å². The zero-order valence-corrected chi connectivity index (χ0v) is 12.9. The van der Waals surface area contributed by atoms with Crippen LogP contribution in [0.4, 0.5) is 5.82 Å². The van der Waals surface area contributed by atoms with Crippen molar-refractivity contribution in [2.24, 2.45) is 0 Å². The van der Waals surface area contributed by atoms with Crippen LogP contribution in [-0.2, 0) is 11.2 Å². The highest BCUT2D eigenvalue weighted by Crippen LogP contribution is 2.12. The molecule has 2 aromatic rings. The Labute approximate surface area is 124 Å². The lowest BCUT2D eigenvalue weighted by molar-refractivity contribution is -0.122. The van der Waals surface area contributed by atoms with Crippen molar-refractivity contribution < 1.29 is 4.79 Å². The summed E-state index contributed by atoms with van der Waals surface area (Å²) in [6, 6.07) is 1.70. The number of amides is 1. The number of carbonyl (C=O) groups is 1. The number of aromatic nitrogens is 4. The van der Waals surface area contributed by atoms with E-state index in [0.29, 0.717) is 5.78 Å².